The summed E-state index contributed by atoms with van der Waals surface area (Å²) in [5.74, 6) is 0.516. The topological polar surface area (TPSA) is 58.0 Å². The SMILES string of the molecule is Cc1nccnc1C(C)NCC(O)C1CC1. The van der Waals surface area contributed by atoms with E-state index < -0.39 is 0 Å². The molecule has 1 fully saturated rings. The first kappa shape index (κ1) is 11.5. The monoisotopic (exact) mass is 221 g/mol. The molecule has 0 radical (unpaired) electrons. The summed E-state index contributed by atoms with van der Waals surface area (Å²) in [6.07, 6.45) is 5.53. The largest absolute Gasteiger partial charge is 0.392 e. The van der Waals surface area contributed by atoms with Gasteiger partial charge in [-0.2, -0.15) is 0 Å². The van der Waals surface area contributed by atoms with Crippen LogP contribution in [0.2, 0.25) is 0 Å². The zero-order valence-corrected chi connectivity index (χ0v) is 9.85. The molecule has 0 amide bonds. The lowest BCUT2D eigenvalue weighted by Gasteiger charge is -2.17. The van der Waals surface area contributed by atoms with Gasteiger partial charge in [-0.15, -0.1) is 0 Å². The van der Waals surface area contributed by atoms with Crippen molar-refractivity contribution < 1.29 is 5.11 Å². The van der Waals surface area contributed by atoms with Gasteiger partial charge in [-0.25, -0.2) is 0 Å². The van der Waals surface area contributed by atoms with Crippen LogP contribution < -0.4 is 5.32 Å². The Balaban J connectivity index is 1.87. The minimum absolute atomic E-state index is 0.141. The second-order valence-corrected chi connectivity index (χ2v) is 4.56. The highest BCUT2D eigenvalue weighted by molar-refractivity contribution is 5.12. The van der Waals surface area contributed by atoms with Crippen LogP contribution in [-0.4, -0.2) is 27.7 Å². The van der Waals surface area contributed by atoms with Crippen molar-refractivity contribution >= 4 is 0 Å². The molecule has 1 aromatic heterocycles. The molecule has 0 bridgehead atoms. The molecule has 2 rings (SSSR count). The van der Waals surface area contributed by atoms with Gasteiger partial charge in [0.1, 0.15) is 0 Å². The summed E-state index contributed by atoms with van der Waals surface area (Å²) in [5.41, 5.74) is 1.91. The molecule has 4 nitrogen and oxygen atoms in total. The third-order valence-corrected chi connectivity index (χ3v) is 3.13. The molecule has 1 aliphatic carbocycles. The molecule has 2 unspecified atom stereocenters. The van der Waals surface area contributed by atoms with Crippen LogP contribution in [0.1, 0.15) is 37.2 Å². The smallest absolute Gasteiger partial charge is 0.0782 e. The molecule has 0 saturated heterocycles. The van der Waals surface area contributed by atoms with Gasteiger partial charge in [0, 0.05) is 25.0 Å². The average molecular weight is 221 g/mol. The predicted octanol–water partition coefficient (Wildman–Crippen LogP) is 1.21. The highest BCUT2D eigenvalue weighted by Gasteiger charge is 2.29. The van der Waals surface area contributed by atoms with Gasteiger partial charge in [0.2, 0.25) is 0 Å². The molecule has 1 saturated carbocycles. The van der Waals surface area contributed by atoms with Crippen molar-refractivity contribution in [1.29, 1.82) is 0 Å². The lowest BCUT2D eigenvalue weighted by atomic mass is 10.1. The quantitative estimate of drug-likeness (QED) is 0.784. The first-order valence-corrected chi connectivity index (χ1v) is 5.87. The molecular formula is C12H19N3O. The molecular weight excluding hydrogens is 202 g/mol. The molecule has 4 heteroatoms. The maximum atomic E-state index is 9.76. The lowest BCUT2D eigenvalue weighted by Crippen LogP contribution is -2.31. The van der Waals surface area contributed by atoms with E-state index >= 15 is 0 Å². The lowest BCUT2D eigenvalue weighted by molar-refractivity contribution is 0.145. The van der Waals surface area contributed by atoms with Gasteiger partial charge in [-0.05, 0) is 32.6 Å². The summed E-state index contributed by atoms with van der Waals surface area (Å²) >= 11 is 0. The van der Waals surface area contributed by atoms with Crippen LogP contribution in [0.15, 0.2) is 12.4 Å². The van der Waals surface area contributed by atoms with Gasteiger partial charge in [0.25, 0.3) is 0 Å². The van der Waals surface area contributed by atoms with Crippen LogP contribution >= 0.6 is 0 Å². The number of nitrogens with one attached hydrogen (secondary N) is 1. The number of aliphatic hydroxyl groups excluding tert-OH is 1. The normalized spacial score (nSPS) is 19.4. The molecule has 16 heavy (non-hydrogen) atoms. The summed E-state index contributed by atoms with van der Waals surface area (Å²) in [5, 5.41) is 13.1. The minimum atomic E-state index is -0.209. The van der Waals surface area contributed by atoms with Crippen molar-refractivity contribution in [2.24, 2.45) is 5.92 Å². The Morgan fingerprint density at radius 3 is 2.75 bits per heavy atom. The molecule has 1 heterocycles. The summed E-state index contributed by atoms with van der Waals surface area (Å²) in [6, 6.07) is 0.141. The fourth-order valence-electron chi connectivity index (χ4n) is 1.89. The number of aryl methyl sites for hydroxylation is 1. The van der Waals surface area contributed by atoms with Crippen molar-refractivity contribution in [1.82, 2.24) is 15.3 Å². The number of rotatable bonds is 5. The zero-order chi connectivity index (χ0) is 11.5. The number of hydrogen-bond donors (Lipinski definition) is 2. The molecule has 0 aromatic carbocycles. The van der Waals surface area contributed by atoms with Gasteiger partial charge in [-0.1, -0.05) is 0 Å². The van der Waals surface area contributed by atoms with Gasteiger partial charge in [0.15, 0.2) is 0 Å². The van der Waals surface area contributed by atoms with Crippen molar-refractivity contribution in [2.75, 3.05) is 6.54 Å². The second-order valence-electron chi connectivity index (χ2n) is 4.56. The van der Waals surface area contributed by atoms with Crippen molar-refractivity contribution in [2.45, 2.75) is 38.8 Å². The maximum Gasteiger partial charge on any atom is 0.0782 e. The Bertz CT molecular complexity index is 352. The van der Waals surface area contributed by atoms with E-state index in [1.165, 1.54) is 12.8 Å². The zero-order valence-electron chi connectivity index (χ0n) is 9.85. The third-order valence-electron chi connectivity index (χ3n) is 3.13. The number of hydrogen-bond acceptors (Lipinski definition) is 4. The highest BCUT2D eigenvalue weighted by atomic mass is 16.3. The predicted molar refractivity (Wildman–Crippen MR) is 61.9 cm³/mol. The van der Waals surface area contributed by atoms with Gasteiger partial charge < -0.3 is 10.4 Å². The molecule has 2 N–H and O–H groups in total. The van der Waals surface area contributed by atoms with Crippen molar-refractivity contribution in [3.63, 3.8) is 0 Å². The third kappa shape index (κ3) is 2.77. The standard InChI is InChI=1S/C12H19N3O/c1-8-12(14-6-5-13-8)9(2)15-7-11(16)10-3-4-10/h5-6,9-11,15-16H,3-4,7H2,1-2H3. The van der Waals surface area contributed by atoms with E-state index in [0.717, 1.165) is 11.4 Å². The van der Waals surface area contributed by atoms with Crippen LogP contribution in [0.25, 0.3) is 0 Å². The Morgan fingerprint density at radius 2 is 2.12 bits per heavy atom. The van der Waals surface area contributed by atoms with Crippen LogP contribution in [0, 0.1) is 12.8 Å². The minimum Gasteiger partial charge on any atom is -0.392 e. The van der Waals surface area contributed by atoms with Crippen LogP contribution in [-0.2, 0) is 0 Å². The molecule has 0 aliphatic heterocycles. The molecule has 0 spiro atoms. The summed E-state index contributed by atoms with van der Waals surface area (Å²) in [4.78, 5) is 8.52. The average Bonchev–Trinajstić information content (AvgIpc) is 3.10. The summed E-state index contributed by atoms with van der Waals surface area (Å²) in [6.45, 7) is 4.65. The first-order chi connectivity index (χ1) is 7.68. The molecule has 1 aliphatic rings. The Kier molecular flexibility index (Phi) is 3.51. The Morgan fingerprint density at radius 1 is 1.44 bits per heavy atom. The number of nitrogens with zero attached hydrogens (tertiary/aromatic N) is 2. The van der Waals surface area contributed by atoms with E-state index in [1.54, 1.807) is 12.4 Å². The molecule has 1 aromatic rings. The van der Waals surface area contributed by atoms with E-state index in [1.807, 2.05) is 6.92 Å². The van der Waals surface area contributed by atoms with Crippen molar-refractivity contribution in [3.05, 3.63) is 23.8 Å². The Labute approximate surface area is 96.1 Å². The highest BCUT2D eigenvalue weighted by Crippen LogP contribution is 2.32. The van der Waals surface area contributed by atoms with E-state index in [9.17, 15) is 5.11 Å². The number of aliphatic hydroxyl groups is 1. The molecule has 2 atom stereocenters. The second kappa shape index (κ2) is 4.89. The van der Waals surface area contributed by atoms with Crippen LogP contribution in [0.3, 0.4) is 0 Å². The van der Waals surface area contributed by atoms with Gasteiger partial charge >= 0.3 is 0 Å². The van der Waals surface area contributed by atoms with Crippen LogP contribution in [0.5, 0.6) is 0 Å². The van der Waals surface area contributed by atoms with Crippen molar-refractivity contribution in [3.8, 4) is 0 Å². The van der Waals surface area contributed by atoms with E-state index in [2.05, 4.69) is 22.2 Å². The summed E-state index contributed by atoms with van der Waals surface area (Å²) < 4.78 is 0. The van der Waals surface area contributed by atoms with E-state index in [4.69, 9.17) is 0 Å². The summed E-state index contributed by atoms with van der Waals surface area (Å²) in [7, 11) is 0. The number of aromatic nitrogens is 2. The maximum absolute atomic E-state index is 9.76. The van der Waals surface area contributed by atoms with E-state index in [0.29, 0.717) is 12.5 Å². The fourth-order valence-corrected chi connectivity index (χ4v) is 1.89. The molecule has 88 valence electrons. The van der Waals surface area contributed by atoms with Crippen LogP contribution in [0.4, 0.5) is 0 Å². The van der Waals surface area contributed by atoms with Gasteiger partial charge in [-0.3, -0.25) is 9.97 Å². The Hall–Kier alpha value is -1.00. The van der Waals surface area contributed by atoms with Gasteiger partial charge in [0.05, 0.1) is 17.5 Å². The van der Waals surface area contributed by atoms with E-state index in [-0.39, 0.29) is 12.1 Å². The fraction of sp³-hybridized carbons (Fsp3) is 0.667. The first-order valence-electron chi connectivity index (χ1n) is 5.87.